The monoisotopic (exact) mass is 316 g/mol. The normalized spacial score (nSPS) is 24.3. The van der Waals surface area contributed by atoms with Crippen LogP contribution >= 0.6 is 0 Å². The van der Waals surface area contributed by atoms with E-state index in [1.165, 1.54) is 0 Å². The molecule has 21 heavy (non-hydrogen) atoms. The van der Waals surface area contributed by atoms with Crippen LogP contribution in [0.4, 0.5) is 5.69 Å². The number of aliphatic hydroxyl groups is 1. The number of aromatic hydroxyl groups is 1. The summed E-state index contributed by atoms with van der Waals surface area (Å²) in [6.45, 7) is 3.46. The van der Waals surface area contributed by atoms with Crippen molar-refractivity contribution in [1.82, 2.24) is 4.72 Å². The Morgan fingerprint density at radius 2 is 2.05 bits per heavy atom. The summed E-state index contributed by atoms with van der Waals surface area (Å²) in [5.41, 5.74) is -1.28. The van der Waals surface area contributed by atoms with E-state index >= 15 is 0 Å². The number of benzene rings is 1. The molecular formula is C12H16N2O6S. The predicted molar refractivity (Wildman–Crippen MR) is 73.3 cm³/mol. The molecule has 9 heteroatoms. The highest BCUT2D eigenvalue weighted by molar-refractivity contribution is 7.89. The van der Waals surface area contributed by atoms with Crippen LogP contribution in [0.1, 0.15) is 20.3 Å². The van der Waals surface area contributed by atoms with Crippen molar-refractivity contribution in [3.63, 3.8) is 0 Å². The molecule has 116 valence electrons. The number of nitrogens with zero attached hydrogens (tertiary/aromatic N) is 1. The van der Waals surface area contributed by atoms with Crippen molar-refractivity contribution in [2.24, 2.45) is 5.41 Å². The van der Waals surface area contributed by atoms with E-state index in [1.54, 1.807) is 13.8 Å². The first kappa shape index (κ1) is 15.7. The average molecular weight is 316 g/mol. The summed E-state index contributed by atoms with van der Waals surface area (Å²) in [6, 6.07) is 2.41. The Labute approximate surface area is 121 Å². The smallest absolute Gasteiger partial charge is 0.312 e. The predicted octanol–water partition coefficient (Wildman–Crippen LogP) is 0.738. The minimum Gasteiger partial charge on any atom is -0.502 e. The quantitative estimate of drug-likeness (QED) is 0.555. The van der Waals surface area contributed by atoms with Gasteiger partial charge < -0.3 is 10.2 Å². The lowest BCUT2D eigenvalue weighted by atomic mass is 9.65. The summed E-state index contributed by atoms with van der Waals surface area (Å²) < 4.78 is 26.9. The zero-order valence-electron chi connectivity index (χ0n) is 11.5. The molecule has 1 aromatic carbocycles. The van der Waals surface area contributed by atoms with Crippen LogP contribution < -0.4 is 4.72 Å². The molecule has 2 rings (SSSR count). The molecule has 1 aromatic rings. The first-order chi connectivity index (χ1) is 9.55. The van der Waals surface area contributed by atoms with Gasteiger partial charge in [-0.2, -0.15) is 0 Å². The second-order valence-corrected chi connectivity index (χ2v) is 7.37. The molecule has 0 radical (unpaired) electrons. The molecule has 0 heterocycles. The van der Waals surface area contributed by atoms with Gasteiger partial charge in [-0.05, 0) is 18.6 Å². The second-order valence-electron chi connectivity index (χ2n) is 5.65. The van der Waals surface area contributed by atoms with Crippen LogP contribution in [-0.4, -0.2) is 35.7 Å². The van der Waals surface area contributed by atoms with Crippen LogP contribution in [0, 0.1) is 15.5 Å². The largest absolute Gasteiger partial charge is 0.502 e. The Bertz CT molecular complexity index is 685. The zero-order valence-corrected chi connectivity index (χ0v) is 12.3. The van der Waals surface area contributed by atoms with Gasteiger partial charge in [0.05, 0.1) is 15.9 Å². The maximum Gasteiger partial charge on any atom is 0.312 e. The number of phenolic OH excluding ortho intramolecular Hbond substituents is 1. The number of sulfonamides is 1. The van der Waals surface area contributed by atoms with Crippen LogP contribution in [0.5, 0.6) is 5.75 Å². The summed E-state index contributed by atoms with van der Waals surface area (Å²) in [5, 5.41) is 29.7. The maximum absolute atomic E-state index is 12.2. The van der Waals surface area contributed by atoms with Gasteiger partial charge in [0.25, 0.3) is 0 Å². The highest BCUT2D eigenvalue weighted by Crippen LogP contribution is 2.41. The summed E-state index contributed by atoms with van der Waals surface area (Å²) in [6.07, 6.45) is -0.314. The fourth-order valence-electron chi connectivity index (χ4n) is 2.17. The van der Waals surface area contributed by atoms with E-state index in [1.807, 2.05) is 0 Å². The number of rotatable bonds is 4. The number of phenols is 1. The van der Waals surface area contributed by atoms with E-state index in [0.717, 1.165) is 18.2 Å². The van der Waals surface area contributed by atoms with Gasteiger partial charge in [0.2, 0.25) is 10.0 Å². The van der Waals surface area contributed by atoms with Crippen molar-refractivity contribution in [3.05, 3.63) is 28.3 Å². The van der Waals surface area contributed by atoms with Gasteiger partial charge in [0, 0.05) is 17.5 Å². The SMILES string of the molecule is CC1(C)C(O)CC1NS(=O)(=O)c1ccc(O)c([N+](=O)[O-])c1. The van der Waals surface area contributed by atoms with Gasteiger partial charge in [-0.15, -0.1) is 0 Å². The fourth-order valence-corrected chi connectivity index (χ4v) is 3.60. The molecule has 0 bridgehead atoms. The summed E-state index contributed by atoms with van der Waals surface area (Å²) in [4.78, 5) is 9.58. The molecule has 0 aromatic heterocycles. The molecule has 0 aliphatic heterocycles. The molecule has 1 saturated carbocycles. The molecule has 0 saturated heterocycles. The van der Waals surface area contributed by atoms with Crippen LogP contribution in [-0.2, 0) is 10.0 Å². The lowest BCUT2D eigenvalue weighted by molar-refractivity contribution is -0.386. The lowest BCUT2D eigenvalue weighted by Crippen LogP contribution is -2.61. The van der Waals surface area contributed by atoms with Crippen molar-refractivity contribution >= 4 is 15.7 Å². The first-order valence-electron chi connectivity index (χ1n) is 6.23. The highest BCUT2D eigenvalue weighted by Gasteiger charge is 2.49. The average Bonchev–Trinajstić information content (AvgIpc) is 2.38. The molecule has 1 fully saturated rings. The minimum absolute atomic E-state index is 0.284. The van der Waals surface area contributed by atoms with Crippen LogP contribution in [0.2, 0.25) is 0 Å². The van der Waals surface area contributed by atoms with Crippen molar-refractivity contribution in [1.29, 1.82) is 0 Å². The van der Waals surface area contributed by atoms with Gasteiger partial charge in [-0.1, -0.05) is 13.8 Å². The van der Waals surface area contributed by atoms with Gasteiger partial charge >= 0.3 is 5.69 Å². The Hall–Kier alpha value is -1.71. The molecule has 1 aliphatic carbocycles. The minimum atomic E-state index is -3.96. The summed E-state index contributed by atoms with van der Waals surface area (Å²) in [7, 11) is -3.96. The third-order valence-electron chi connectivity index (χ3n) is 3.97. The third kappa shape index (κ3) is 2.71. The topological polar surface area (TPSA) is 130 Å². The molecule has 1 aliphatic rings. The van der Waals surface area contributed by atoms with Crippen LogP contribution in [0.25, 0.3) is 0 Å². The Morgan fingerprint density at radius 3 is 2.52 bits per heavy atom. The van der Waals surface area contributed by atoms with E-state index in [4.69, 9.17) is 0 Å². The van der Waals surface area contributed by atoms with Crippen LogP contribution in [0.3, 0.4) is 0 Å². The Morgan fingerprint density at radius 1 is 1.43 bits per heavy atom. The number of nitrogens with one attached hydrogen (secondary N) is 1. The molecule has 2 atom stereocenters. The number of nitro benzene ring substituents is 1. The molecule has 0 spiro atoms. The van der Waals surface area contributed by atoms with Crippen LogP contribution in [0.15, 0.2) is 23.1 Å². The zero-order chi connectivity index (χ0) is 16.0. The molecule has 2 unspecified atom stereocenters. The van der Waals surface area contributed by atoms with Gasteiger partial charge in [-0.3, -0.25) is 10.1 Å². The second kappa shape index (κ2) is 4.93. The number of nitro groups is 1. The fraction of sp³-hybridized carbons (Fsp3) is 0.500. The number of aliphatic hydroxyl groups excluding tert-OH is 1. The van der Waals surface area contributed by atoms with Crippen molar-refractivity contribution in [3.8, 4) is 5.75 Å². The van der Waals surface area contributed by atoms with E-state index in [9.17, 15) is 28.7 Å². The third-order valence-corrected chi connectivity index (χ3v) is 5.44. The van der Waals surface area contributed by atoms with E-state index in [0.29, 0.717) is 0 Å². The van der Waals surface area contributed by atoms with E-state index < -0.39 is 43.9 Å². The summed E-state index contributed by atoms with van der Waals surface area (Å²) in [5.74, 6) is -0.599. The highest BCUT2D eigenvalue weighted by atomic mass is 32.2. The van der Waals surface area contributed by atoms with Gasteiger partial charge in [0.1, 0.15) is 0 Å². The molecule has 3 N–H and O–H groups in total. The van der Waals surface area contributed by atoms with Crippen molar-refractivity contribution < 1.29 is 23.6 Å². The van der Waals surface area contributed by atoms with E-state index in [-0.39, 0.29) is 11.3 Å². The first-order valence-corrected chi connectivity index (χ1v) is 7.72. The number of hydrogen-bond donors (Lipinski definition) is 3. The Balaban J connectivity index is 2.29. The molecule has 0 amide bonds. The molecular weight excluding hydrogens is 300 g/mol. The molecule has 8 nitrogen and oxygen atoms in total. The van der Waals surface area contributed by atoms with Crippen molar-refractivity contribution in [2.45, 2.75) is 37.3 Å². The maximum atomic E-state index is 12.2. The lowest BCUT2D eigenvalue weighted by Gasteiger charge is -2.49. The van der Waals surface area contributed by atoms with E-state index in [2.05, 4.69) is 4.72 Å². The van der Waals surface area contributed by atoms with Gasteiger partial charge in [0.15, 0.2) is 5.75 Å². The summed E-state index contributed by atoms with van der Waals surface area (Å²) >= 11 is 0. The number of hydrogen-bond acceptors (Lipinski definition) is 6. The van der Waals surface area contributed by atoms with Gasteiger partial charge in [-0.25, -0.2) is 13.1 Å². The standard InChI is InChI=1S/C12H16N2O6S/c1-12(2)10(6-11(12)16)13-21(19,20)7-3-4-9(15)8(5-7)14(17)18/h3-5,10-11,13,15-16H,6H2,1-2H3. The van der Waals surface area contributed by atoms with Crippen molar-refractivity contribution in [2.75, 3.05) is 0 Å². The Kier molecular flexibility index (Phi) is 3.68.